The van der Waals surface area contributed by atoms with E-state index in [0.717, 1.165) is 18.6 Å². The molecule has 1 aromatic rings. The zero-order valence-corrected chi connectivity index (χ0v) is 14.9. The molecule has 2 heterocycles. The summed E-state index contributed by atoms with van der Waals surface area (Å²) >= 11 is 0. The Balaban J connectivity index is 1.30. The quantitative estimate of drug-likeness (QED) is 0.907. The first-order valence-electron chi connectivity index (χ1n) is 9.85. The number of nitrogens with one attached hydrogen (secondary N) is 1. The number of rotatable bonds is 4. The molecule has 2 aliphatic heterocycles. The van der Waals surface area contributed by atoms with Crippen LogP contribution in [0.4, 0.5) is 0 Å². The van der Waals surface area contributed by atoms with Crippen LogP contribution < -0.4 is 5.32 Å². The Labute approximate surface area is 146 Å². The van der Waals surface area contributed by atoms with Gasteiger partial charge in [-0.1, -0.05) is 36.8 Å². The van der Waals surface area contributed by atoms with Crippen LogP contribution in [0.5, 0.6) is 0 Å². The van der Waals surface area contributed by atoms with E-state index in [4.69, 9.17) is 0 Å². The molecule has 4 rings (SSSR count). The maximum absolute atomic E-state index is 3.50. The lowest BCUT2D eigenvalue weighted by Crippen LogP contribution is -2.57. The van der Waals surface area contributed by atoms with Gasteiger partial charge in [-0.05, 0) is 18.4 Å². The Morgan fingerprint density at radius 3 is 2.08 bits per heavy atom. The zero-order valence-electron chi connectivity index (χ0n) is 14.9. The van der Waals surface area contributed by atoms with Crippen molar-refractivity contribution < 1.29 is 0 Å². The summed E-state index contributed by atoms with van der Waals surface area (Å²) in [7, 11) is 0. The Morgan fingerprint density at radius 1 is 0.792 bits per heavy atom. The Morgan fingerprint density at radius 2 is 1.42 bits per heavy atom. The Hall–Kier alpha value is -0.940. The molecule has 0 aromatic heterocycles. The standard InChI is InChI=1S/C20H32N4/c1-2-5-18(6-3-1)17-22-13-15-24(16-14-22)20-8-4-7-19(20)23-11-9-21-10-12-23/h1-3,5-6,19-21H,4,7-17H2/t19-,20+/m0/s1. The molecule has 1 aliphatic carbocycles. The molecule has 3 fully saturated rings. The molecular formula is C20H32N4. The SMILES string of the molecule is c1ccc(CN2CCN([C@@H]3CCC[C@@H]3N3CCNCC3)CC2)cc1. The topological polar surface area (TPSA) is 21.8 Å². The molecule has 0 amide bonds. The molecule has 4 nitrogen and oxygen atoms in total. The number of hydrogen-bond acceptors (Lipinski definition) is 4. The molecule has 0 spiro atoms. The number of piperazine rings is 2. The smallest absolute Gasteiger partial charge is 0.0252 e. The van der Waals surface area contributed by atoms with Crippen molar-refractivity contribution in [2.24, 2.45) is 0 Å². The van der Waals surface area contributed by atoms with Gasteiger partial charge in [0.05, 0.1) is 0 Å². The van der Waals surface area contributed by atoms with E-state index in [9.17, 15) is 0 Å². The molecule has 3 aliphatic rings. The first-order chi connectivity index (χ1) is 11.9. The van der Waals surface area contributed by atoms with Crippen LogP contribution in [0.3, 0.4) is 0 Å². The Kier molecular flexibility index (Phi) is 5.48. The van der Waals surface area contributed by atoms with E-state index in [1.54, 1.807) is 0 Å². The predicted octanol–water partition coefficient (Wildman–Crippen LogP) is 1.63. The molecule has 1 aromatic carbocycles. The second-order valence-corrected chi connectivity index (χ2v) is 7.65. The van der Waals surface area contributed by atoms with Crippen molar-refractivity contribution in [2.45, 2.75) is 37.9 Å². The molecule has 2 saturated heterocycles. The van der Waals surface area contributed by atoms with Crippen molar-refractivity contribution >= 4 is 0 Å². The van der Waals surface area contributed by atoms with E-state index in [0.29, 0.717) is 0 Å². The number of hydrogen-bond donors (Lipinski definition) is 1. The lowest BCUT2D eigenvalue weighted by atomic mass is 10.1. The van der Waals surface area contributed by atoms with Crippen LogP contribution in [0.1, 0.15) is 24.8 Å². The highest BCUT2D eigenvalue weighted by Gasteiger charge is 2.37. The summed E-state index contributed by atoms with van der Waals surface area (Å²) < 4.78 is 0. The third kappa shape index (κ3) is 3.83. The average Bonchev–Trinajstić information content (AvgIpc) is 3.14. The van der Waals surface area contributed by atoms with Gasteiger partial charge in [-0.2, -0.15) is 0 Å². The fourth-order valence-electron chi connectivity index (χ4n) is 4.88. The van der Waals surface area contributed by atoms with Gasteiger partial charge in [-0.3, -0.25) is 14.7 Å². The third-order valence-electron chi connectivity index (χ3n) is 6.19. The summed E-state index contributed by atoms with van der Waals surface area (Å²) in [6.45, 7) is 10.9. The van der Waals surface area contributed by atoms with Crippen LogP contribution in [0.25, 0.3) is 0 Å². The molecule has 0 unspecified atom stereocenters. The minimum absolute atomic E-state index is 0.807. The van der Waals surface area contributed by atoms with Gasteiger partial charge in [0, 0.05) is 71.0 Å². The molecule has 0 bridgehead atoms. The number of benzene rings is 1. The minimum Gasteiger partial charge on any atom is -0.314 e. The van der Waals surface area contributed by atoms with Gasteiger partial charge in [0.2, 0.25) is 0 Å². The molecule has 4 heteroatoms. The number of nitrogens with zero attached hydrogens (tertiary/aromatic N) is 3. The molecular weight excluding hydrogens is 296 g/mol. The van der Waals surface area contributed by atoms with E-state index in [1.165, 1.54) is 77.2 Å². The van der Waals surface area contributed by atoms with Gasteiger partial charge in [0.25, 0.3) is 0 Å². The normalized spacial score (nSPS) is 30.7. The summed E-state index contributed by atoms with van der Waals surface area (Å²) in [5, 5.41) is 3.50. The summed E-state index contributed by atoms with van der Waals surface area (Å²) in [5.74, 6) is 0. The van der Waals surface area contributed by atoms with Crippen molar-refractivity contribution in [3.05, 3.63) is 35.9 Å². The van der Waals surface area contributed by atoms with Crippen molar-refractivity contribution in [3.63, 3.8) is 0 Å². The van der Waals surface area contributed by atoms with E-state index in [1.807, 2.05) is 0 Å². The lowest BCUT2D eigenvalue weighted by Gasteiger charge is -2.44. The summed E-state index contributed by atoms with van der Waals surface area (Å²) in [6, 6.07) is 12.5. The lowest BCUT2D eigenvalue weighted by molar-refractivity contribution is 0.0466. The van der Waals surface area contributed by atoms with Gasteiger partial charge in [-0.25, -0.2) is 0 Å². The maximum atomic E-state index is 3.50. The van der Waals surface area contributed by atoms with Crippen LogP contribution in [-0.4, -0.2) is 79.1 Å². The van der Waals surface area contributed by atoms with Gasteiger partial charge in [0.15, 0.2) is 0 Å². The van der Waals surface area contributed by atoms with E-state index >= 15 is 0 Å². The van der Waals surface area contributed by atoms with Crippen molar-refractivity contribution in [2.75, 3.05) is 52.4 Å². The van der Waals surface area contributed by atoms with Gasteiger partial charge >= 0.3 is 0 Å². The van der Waals surface area contributed by atoms with Gasteiger partial charge < -0.3 is 5.32 Å². The summed E-state index contributed by atoms with van der Waals surface area (Å²) in [4.78, 5) is 8.20. The molecule has 132 valence electrons. The fraction of sp³-hybridized carbons (Fsp3) is 0.700. The van der Waals surface area contributed by atoms with Crippen molar-refractivity contribution in [3.8, 4) is 0 Å². The largest absolute Gasteiger partial charge is 0.314 e. The highest BCUT2D eigenvalue weighted by Crippen LogP contribution is 2.29. The zero-order chi connectivity index (χ0) is 16.2. The molecule has 1 saturated carbocycles. The van der Waals surface area contributed by atoms with Gasteiger partial charge in [-0.15, -0.1) is 0 Å². The molecule has 2 atom stereocenters. The van der Waals surface area contributed by atoms with Crippen LogP contribution in [0.2, 0.25) is 0 Å². The van der Waals surface area contributed by atoms with E-state index in [2.05, 4.69) is 50.3 Å². The van der Waals surface area contributed by atoms with Crippen molar-refractivity contribution in [1.29, 1.82) is 0 Å². The average molecular weight is 329 g/mol. The minimum atomic E-state index is 0.807. The van der Waals surface area contributed by atoms with E-state index in [-0.39, 0.29) is 0 Å². The van der Waals surface area contributed by atoms with Crippen LogP contribution >= 0.6 is 0 Å². The summed E-state index contributed by atoms with van der Waals surface area (Å²) in [5.41, 5.74) is 1.45. The highest BCUT2D eigenvalue weighted by molar-refractivity contribution is 5.14. The molecule has 24 heavy (non-hydrogen) atoms. The molecule has 1 N–H and O–H groups in total. The summed E-state index contributed by atoms with van der Waals surface area (Å²) in [6.07, 6.45) is 4.24. The molecule has 0 radical (unpaired) electrons. The monoisotopic (exact) mass is 328 g/mol. The first kappa shape index (κ1) is 16.5. The third-order valence-corrected chi connectivity index (χ3v) is 6.19. The first-order valence-corrected chi connectivity index (χ1v) is 9.85. The highest BCUT2D eigenvalue weighted by atomic mass is 15.3. The predicted molar refractivity (Wildman–Crippen MR) is 99.2 cm³/mol. The van der Waals surface area contributed by atoms with E-state index < -0.39 is 0 Å². The van der Waals surface area contributed by atoms with Crippen LogP contribution in [0, 0.1) is 0 Å². The van der Waals surface area contributed by atoms with Crippen LogP contribution in [-0.2, 0) is 6.54 Å². The second-order valence-electron chi connectivity index (χ2n) is 7.65. The maximum Gasteiger partial charge on any atom is 0.0252 e. The fourth-order valence-corrected chi connectivity index (χ4v) is 4.88. The van der Waals surface area contributed by atoms with Crippen LogP contribution in [0.15, 0.2) is 30.3 Å². The van der Waals surface area contributed by atoms with Crippen molar-refractivity contribution in [1.82, 2.24) is 20.0 Å². The van der Waals surface area contributed by atoms with Gasteiger partial charge in [0.1, 0.15) is 0 Å². The second kappa shape index (κ2) is 7.96. The Bertz CT molecular complexity index is 492.